The summed E-state index contributed by atoms with van der Waals surface area (Å²) in [6.45, 7) is 1.58. The molecule has 19 heavy (non-hydrogen) atoms. The first-order valence-electron chi connectivity index (χ1n) is 6.35. The van der Waals surface area contributed by atoms with Gasteiger partial charge in [-0.15, -0.1) is 0 Å². The van der Waals surface area contributed by atoms with Crippen LogP contribution in [-0.2, 0) is 4.74 Å². The van der Waals surface area contributed by atoms with Gasteiger partial charge in [-0.05, 0) is 18.9 Å². The molecule has 0 spiro atoms. The molecule has 2 aromatic rings. The summed E-state index contributed by atoms with van der Waals surface area (Å²) in [5, 5.41) is 16.8. The minimum absolute atomic E-state index is 0.431. The number of nitrogens with one attached hydrogen (secondary N) is 1. The van der Waals surface area contributed by atoms with Crippen molar-refractivity contribution < 1.29 is 4.74 Å². The van der Waals surface area contributed by atoms with E-state index in [1.165, 1.54) is 0 Å². The van der Waals surface area contributed by atoms with Crippen LogP contribution in [0, 0.1) is 11.3 Å². The van der Waals surface area contributed by atoms with Gasteiger partial charge in [0.1, 0.15) is 11.8 Å². The molecule has 0 atom stereocenters. The number of nitrogens with zero attached hydrogens (tertiary/aromatic N) is 4. The van der Waals surface area contributed by atoms with Crippen molar-refractivity contribution in [3.05, 3.63) is 18.0 Å². The smallest absolute Gasteiger partial charge is 0.184 e. The number of ether oxygens (including phenoxy) is 1. The fourth-order valence-corrected chi connectivity index (χ4v) is 2.57. The molecule has 0 radical (unpaired) electrons. The molecule has 1 N–H and O–H groups in total. The van der Waals surface area contributed by atoms with Crippen molar-refractivity contribution in [3.8, 4) is 6.07 Å². The van der Waals surface area contributed by atoms with Crippen molar-refractivity contribution in [2.24, 2.45) is 0 Å². The minimum Gasteiger partial charge on any atom is -0.381 e. The quantitative estimate of drug-likeness (QED) is 0.880. The Hall–Kier alpha value is -2.13. The Balaban J connectivity index is 2.04. The molecule has 1 fully saturated rings. The number of aromatic nitrogens is 3. The maximum absolute atomic E-state index is 9.15. The van der Waals surface area contributed by atoms with Crippen LogP contribution in [0.2, 0.25) is 0 Å². The number of hydrogen-bond acceptors (Lipinski definition) is 5. The fourth-order valence-electron chi connectivity index (χ4n) is 2.57. The van der Waals surface area contributed by atoms with Gasteiger partial charge in [0.25, 0.3) is 0 Å². The predicted molar refractivity (Wildman–Crippen MR) is 70.8 cm³/mol. The predicted octanol–water partition coefficient (Wildman–Crippen LogP) is 1.44. The van der Waals surface area contributed by atoms with Crippen molar-refractivity contribution >= 4 is 16.7 Å². The summed E-state index contributed by atoms with van der Waals surface area (Å²) in [6.07, 6.45) is 3.73. The third-order valence-electron chi connectivity index (χ3n) is 3.66. The van der Waals surface area contributed by atoms with Crippen LogP contribution in [0.5, 0.6) is 0 Å². The molecule has 3 heterocycles. The molecule has 0 amide bonds. The Morgan fingerprint density at radius 3 is 3.00 bits per heavy atom. The van der Waals surface area contributed by atoms with Gasteiger partial charge in [-0.3, -0.25) is 5.10 Å². The topological polar surface area (TPSA) is 77.8 Å². The lowest BCUT2D eigenvalue weighted by molar-refractivity contribution is 0.0855. The first-order valence-corrected chi connectivity index (χ1v) is 6.35. The number of H-pyrrole nitrogens is 1. The second kappa shape index (κ2) is 4.86. The van der Waals surface area contributed by atoms with Crippen LogP contribution in [0.4, 0.5) is 5.69 Å². The number of aromatic amines is 1. The highest BCUT2D eigenvalue weighted by Gasteiger charge is 2.22. The summed E-state index contributed by atoms with van der Waals surface area (Å²) < 4.78 is 5.39. The lowest BCUT2D eigenvalue weighted by Gasteiger charge is -2.33. The van der Waals surface area contributed by atoms with Gasteiger partial charge in [-0.1, -0.05) is 0 Å². The van der Waals surface area contributed by atoms with Gasteiger partial charge in [0, 0.05) is 32.5 Å². The van der Waals surface area contributed by atoms with E-state index in [2.05, 4.69) is 33.2 Å². The van der Waals surface area contributed by atoms with Crippen LogP contribution in [-0.4, -0.2) is 41.5 Å². The van der Waals surface area contributed by atoms with Crippen molar-refractivity contribution in [1.82, 2.24) is 15.2 Å². The maximum atomic E-state index is 9.15. The molecular weight excluding hydrogens is 242 g/mol. The zero-order valence-electron chi connectivity index (χ0n) is 10.8. The third kappa shape index (κ3) is 2.02. The number of fused-ring (bicyclic) bond motifs is 1. The van der Waals surface area contributed by atoms with Crippen molar-refractivity contribution in [2.75, 3.05) is 25.2 Å². The molecule has 0 aromatic carbocycles. The Bertz CT molecular complexity index is 623. The molecule has 0 saturated carbocycles. The average molecular weight is 257 g/mol. The van der Waals surface area contributed by atoms with E-state index < -0.39 is 0 Å². The molecule has 1 aliphatic heterocycles. The third-order valence-corrected chi connectivity index (χ3v) is 3.66. The number of nitriles is 1. The van der Waals surface area contributed by atoms with E-state index in [1.54, 1.807) is 6.20 Å². The van der Waals surface area contributed by atoms with Crippen LogP contribution >= 0.6 is 0 Å². The number of anilines is 1. The fraction of sp³-hybridized carbons (Fsp3) is 0.462. The average Bonchev–Trinajstić information content (AvgIpc) is 2.90. The molecule has 6 nitrogen and oxygen atoms in total. The minimum atomic E-state index is 0.431. The zero-order chi connectivity index (χ0) is 13.2. The Morgan fingerprint density at radius 2 is 2.26 bits per heavy atom. The molecule has 98 valence electrons. The normalized spacial score (nSPS) is 16.4. The summed E-state index contributed by atoms with van der Waals surface area (Å²) in [5.41, 5.74) is 2.06. The van der Waals surface area contributed by atoms with Crippen molar-refractivity contribution in [3.63, 3.8) is 0 Å². The largest absolute Gasteiger partial charge is 0.381 e. The summed E-state index contributed by atoms with van der Waals surface area (Å²) in [6, 6.07) is 4.51. The highest BCUT2D eigenvalue weighted by Crippen LogP contribution is 2.29. The molecule has 1 aliphatic rings. The van der Waals surface area contributed by atoms with Crippen LogP contribution in [0.1, 0.15) is 18.5 Å². The first-order chi connectivity index (χ1) is 9.31. The second-order valence-corrected chi connectivity index (χ2v) is 4.69. The Labute approximate surface area is 111 Å². The molecule has 0 bridgehead atoms. The van der Waals surface area contributed by atoms with Gasteiger partial charge >= 0.3 is 0 Å². The van der Waals surface area contributed by atoms with E-state index >= 15 is 0 Å². The van der Waals surface area contributed by atoms with E-state index in [9.17, 15) is 0 Å². The van der Waals surface area contributed by atoms with Crippen LogP contribution in [0.3, 0.4) is 0 Å². The molecule has 0 unspecified atom stereocenters. The highest BCUT2D eigenvalue weighted by molar-refractivity contribution is 5.93. The van der Waals surface area contributed by atoms with Crippen LogP contribution in [0.15, 0.2) is 12.3 Å². The number of hydrogen-bond donors (Lipinski definition) is 1. The molecule has 0 aliphatic carbocycles. The summed E-state index contributed by atoms with van der Waals surface area (Å²) >= 11 is 0. The highest BCUT2D eigenvalue weighted by atomic mass is 16.5. The monoisotopic (exact) mass is 257 g/mol. The molecule has 6 heteroatoms. The van der Waals surface area contributed by atoms with Gasteiger partial charge in [0.2, 0.25) is 0 Å². The van der Waals surface area contributed by atoms with Gasteiger partial charge in [-0.25, -0.2) is 4.98 Å². The van der Waals surface area contributed by atoms with Crippen molar-refractivity contribution in [1.29, 1.82) is 5.26 Å². The second-order valence-electron chi connectivity index (χ2n) is 4.69. The van der Waals surface area contributed by atoms with E-state index in [1.807, 2.05) is 6.07 Å². The summed E-state index contributed by atoms with van der Waals surface area (Å²) in [7, 11) is 2.05. The molecule has 3 rings (SSSR count). The Morgan fingerprint density at radius 1 is 1.47 bits per heavy atom. The Kier molecular flexibility index (Phi) is 3.05. The standard InChI is InChI=1S/C13H15N5O/c1-18(9-3-6-19-7-4-9)11-2-5-15-13-12(11)10(8-14)16-17-13/h2,5,9H,3-4,6-7H2,1H3,(H,15,16,17). The lowest BCUT2D eigenvalue weighted by Crippen LogP contribution is -2.36. The molecule has 2 aromatic heterocycles. The summed E-state index contributed by atoms with van der Waals surface area (Å²) in [4.78, 5) is 6.40. The first kappa shape index (κ1) is 11.9. The lowest BCUT2D eigenvalue weighted by atomic mass is 10.1. The number of rotatable bonds is 2. The van der Waals surface area contributed by atoms with E-state index in [0.717, 1.165) is 37.1 Å². The van der Waals surface area contributed by atoms with Gasteiger partial charge in [0.15, 0.2) is 5.65 Å². The van der Waals surface area contributed by atoms with Gasteiger partial charge < -0.3 is 9.64 Å². The van der Waals surface area contributed by atoms with Gasteiger partial charge in [-0.2, -0.15) is 10.4 Å². The van der Waals surface area contributed by atoms with E-state index in [-0.39, 0.29) is 0 Å². The van der Waals surface area contributed by atoms with E-state index in [0.29, 0.717) is 17.4 Å². The summed E-state index contributed by atoms with van der Waals surface area (Å²) in [5.74, 6) is 0. The maximum Gasteiger partial charge on any atom is 0.184 e. The van der Waals surface area contributed by atoms with E-state index in [4.69, 9.17) is 10.00 Å². The van der Waals surface area contributed by atoms with Crippen LogP contribution < -0.4 is 4.90 Å². The van der Waals surface area contributed by atoms with Gasteiger partial charge in [0.05, 0.1) is 11.1 Å². The van der Waals surface area contributed by atoms with Crippen molar-refractivity contribution in [2.45, 2.75) is 18.9 Å². The number of pyridine rings is 1. The zero-order valence-corrected chi connectivity index (χ0v) is 10.8. The van der Waals surface area contributed by atoms with Crippen LogP contribution in [0.25, 0.3) is 11.0 Å². The molecular formula is C13H15N5O. The molecule has 1 saturated heterocycles. The SMILES string of the molecule is CN(c1ccnc2n[nH]c(C#N)c12)C1CCOCC1.